The van der Waals surface area contributed by atoms with Crippen molar-refractivity contribution in [1.29, 1.82) is 0 Å². The average molecular weight is 526 g/mol. The number of carboxylic acid groups (broad SMARTS) is 1. The van der Waals surface area contributed by atoms with E-state index < -0.39 is 5.97 Å². The second-order valence-electron chi connectivity index (χ2n) is 9.79. The quantitative estimate of drug-likeness (QED) is 0.328. The molecule has 2 aliphatic rings. The lowest BCUT2D eigenvalue weighted by Gasteiger charge is -2.28. The molecule has 0 bridgehead atoms. The number of aromatic nitrogens is 4. The van der Waals surface area contributed by atoms with Crippen LogP contribution in [-0.4, -0.2) is 57.0 Å². The molecule has 0 spiro atoms. The van der Waals surface area contributed by atoms with Crippen molar-refractivity contribution in [3.05, 3.63) is 88.8 Å². The Morgan fingerprint density at radius 1 is 0.974 bits per heavy atom. The average Bonchev–Trinajstić information content (AvgIpc) is 3.66. The topological polar surface area (TPSA) is 92.8 Å². The standard InChI is InChI=1S/C29H24ClN5O3/c30-25-16-24(34-11-13-38-14-12-34)28-32-26(27(35(28)33-25)18-5-7-19(8-6-18)29(36)37)21-15-20(21)23-10-9-17-3-1-2-4-22(17)31-23/h1-10,16,20-21H,11-15H2,(H,36,37)/t20-,21+/m0/s1. The Hall–Kier alpha value is -4.01. The van der Waals surface area contributed by atoms with Gasteiger partial charge in [0.1, 0.15) is 0 Å². The van der Waals surface area contributed by atoms with Crippen molar-refractivity contribution >= 4 is 39.8 Å². The first-order valence-electron chi connectivity index (χ1n) is 12.7. The lowest BCUT2D eigenvalue weighted by Crippen LogP contribution is -2.36. The van der Waals surface area contributed by atoms with Gasteiger partial charge in [0, 0.05) is 47.6 Å². The number of benzene rings is 2. The molecule has 1 aliphatic carbocycles. The third-order valence-electron chi connectivity index (χ3n) is 7.46. The van der Waals surface area contributed by atoms with Crippen LogP contribution in [0.5, 0.6) is 0 Å². The van der Waals surface area contributed by atoms with E-state index in [9.17, 15) is 9.90 Å². The Kier molecular flexibility index (Phi) is 5.52. The Morgan fingerprint density at radius 3 is 2.55 bits per heavy atom. The molecule has 2 fully saturated rings. The summed E-state index contributed by atoms with van der Waals surface area (Å²) in [6.07, 6.45) is 0.927. The van der Waals surface area contributed by atoms with E-state index >= 15 is 0 Å². The maximum absolute atomic E-state index is 11.5. The van der Waals surface area contributed by atoms with Gasteiger partial charge in [-0.3, -0.25) is 4.98 Å². The second-order valence-corrected chi connectivity index (χ2v) is 10.2. The van der Waals surface area contributed by atoms with Crippen LogP contribution in [0.2, 0.25) is 5.15 Å². The molecule has 1 saturated heterocycles. The maximum Gasteiger partial charge on any atom is 0.335 e. The predicted octanol–water partition coefficient (Wildman–Crippen LogP) is 5.40. The SMILES string of the molecule is O=C(O)c1ccc(-c2c([C@@H]3C[C@@H]3c3ccc4ccccc4n3)nc3c(N4CCOCC4)cc(Cl)nn23)cc1. The highest BCUT2D eigenvalue weighted by atomic mass is 35.5. The minimum atomic E-state index is -0.963. The van der Waals surface area contributed by atoms with E-state index in [1.807, 2.05) is 40.9 Å². The zero-order valence-electron chi connectivity index (χ0n) is 20.4. The predicted molar refractivity (Wildman–Crippen MR) is 145 cm³/mol. The number of carbonyl (C=O) groups is 1. The normalized spacial score (nSPS) is 19.2. The molecule has 4 heterocycles. The minimum Gasteiger partial charge on any atom is -0.478 e. The van der Waals surface area contributed by atoms with Gasteiger partial charge in [0.2, 0.25) is 0 Å². The van der Waals surface area contributed by atoms with Crippen LogP contribution in [0.1, 0.15) is 40.0 Å². The fraction of sp³-hybridized carbons (Fsp3) is 0.241. The molecule has 9 heteroatoms. The van der Waals surface area contributed by atoms with E-state index in [1.165, 1.54) is 0 Å². The number of imidazole rings is 1. The first-order valence-corrected chi connectivity index (χ1v) is 13.1. The number of anilines is 1. The molecule has 190 valence electrons. The summed E-state index contributed by atoms with van der Waals surface area (Å²) in [6, 6.07) is 21.1. The van der Waals surface area contributed by atoms with Crippen molar-refractivity contribution in [1.82, 2.24) is 19.6 Å². The molecule has 2 aromatic carbocycles. The Labute approximate surface area is 223 Å². The van der Waals surface area contributed by atoms with Crippen molar-refractivity contribution in [2.75, 3.05) is 31.2 Å². The van der Waals surface area contributed by atoms with E-state index in [1.54, 1.807) is 12.1 Å². The van der Waals surface area contributed by atoms with Gasteiger partial charge in [-0.05, 0) is 30.7 Å². The highest BCUT2D eigenvalue weighted by molar-refractivity contribution is 6.29. The Balaban J connectivity index is 1.37. The lowest BCUT2D eigenvalue weighted by molar-refractivity contribution is 0.0697. The van der Waals surface area contributed by atoms with E-state index in [-0.39, 0.29) is 17.4 Å². The zero-order chi connectivity index (χ0) is 25.8. The van der Waals surface area contributed by atoms with E-state index in [0.717, 1.165) is 64.4 Å². The number of hydrogen-bond donors (Lipinski definition) is 1. The first kappa shape index (κ1) is 23.1. The number of aromatic carboxylic acids is 1. The molecule has 38 heavy (non-hydrogen) atoms. The smallest absolute Gasteiger partial charge is 0.335 e. The van der Waals surface area contributed by atoms with Crippen molar-refractivity contribution in [2.24, 2.45) is 0 Å². The number of pyridine rings is 1. The molecule has 1 saturated carbocycles. The van der Waals surface area contributed by atoms with Crippen LogP contribution in [0.3, 0.4) is 0 Å². The van der Waals surface area contributed by atoms with E-state index in [0.29, 0.717) is 18.4 Å². The molecule has 5 aromatic rings. The van der Waals surface area contributed by atoms with Crippen LogP contribution in [0, 0.1) is 0 Å². The minimum absolute atomic E-state index is 0.163. The van der Waals surface area contributed by atoms with Gasteiger partial charge in [0.15, 0.2) is 10.8 Å². The lowest BCUT2D eigenvalue weighted by atomic mass is 10.0. The molecule has 8 nitrogen and oxygen atoms in total. The molecule has 3 aromatic heterocycles. The molecule has 1 aliphatic heterocycles. The first-order chi connectivity index (χ1) is 18.6. The zero-order valence-corrected chi connectivity index (χ0v) is 21.2. The highest BCUT2D eigenvalue weighted by Crippen LogP contribution is 2.56. The van der Waals surface area contributed by atoms with Gasteiger partial charge in [0.05, 0.1) is 41.4 Å². The van der Waals surface area contributed by atoms with Gasteiger partial charge >= 0.3 is 5.97 Å². The van der Waals surface area contributed by atoms with Gasteiger partial charge in [-0.15, -0.1) is 0 Å². The summed E-state index contributed by atoms with van der Waals surface area (Å²) in [4.78, 5) is 23.8. The number of morpholine rings is 1. The van der Waals surface area contributed by atoms with Gasteiger partial charge in [-0.25, -0.2) is 14.3 Å². The molecule has 0 radical (unpaired) electrons. The fourth-order valence-electron chi connectivity index (χ4n) is 5.44. The van der Waals surface area contributed by atoms with Gasteiger partial charge in [-0.2, -0.15) is 5.10 Å². The summed E-state index contributed by atoms with van der Waals surface area (Å²) >= 11 is 6.55. The van der Waals surface area contributed by atoms with Gasteiger partial charge in [0.25, 0.3) is 0 Å². The molecule has 1 N–H and O–H groups in total. The van der Waals surface area contributed by atoms with Crippen LogP contribution in [-0.2, 0) is 4.74 Å². The van der Waals surface area contributed by atoms with Crippen LogP contribution in [0.15, 0.2) is 66.7 Å². The number of halogens is 1. The molecule has 7 rings (SSSR count). The highest BCUT2D eigenvalue weighted by Gasteiger charge is 2.44. The summed E-state index contributed by atoms with van der Waals surface area (Å²) < 4.78 is 7.38. The number of fused-ring (bicyclic) bond motifs is 2. The fourth-order valence-corrected chi connectivity index (χ4v) is 5.62. The Bertz CT molecular complexity index is 1690. The summed E-state index contributed by atoms with van der Waals surface area (Å²) in [5.41, 5.74) is 6.53. The van der Waals surface area contributed by atoms with Crippen LogP contribution < -0.4 is 4.90 Å². The van der Waals surface area contributed by atoms with E-state index in [2.05, 4.69) is 28.2 Å². The van der Waals surface area contributed by atoms with Crippen molar-refractivity contribution in [2.45, 2.75) is 18.3 Å². The van der Waals surface area contributed by atoms with Crippen LogP contribution in [0.25, 0.3) is 27.8 Å². The monoisotopic (exact) mass is 525 g/mol. The summed E-state index contributed by atoms with van der Waals surface area (Å²) in [6.45, 7) is 2.77. The van der Waals surface area contributed by atoms with Gasteiger partial charge in [-0.1, -0.05) is 48.0 Å². The number of nitrogens with zero attached hydrogens (tertiary/aromatic N) is 5. The van der Waals surface area contributed by atoms with Crippen LogP contribution >= 0.6 is 11.6 Å². The summed E-state index contributed by atoms with van der Waals surface area (Å²) in [7, 11) is 0. The number of rotatable bonds is 5. The van der Waals surface area contributed by atoms with E-state index in [4.69, 9.17) is 26.3 Å². The van der Waals surface area contributed by atoms with Crippen molar-refractivity contribution < 1.29 is 14.6 Å². The number of hydrogen-bond acceptors (Lipinski definition) is 6. The summed E-state index contributed by atoms with van der Waals surface area (Å²) in [5, 5.41) is 15.6. The van der Waals surface area contributed by atoms with Gasteiger partial charge < -0.3 is 14.7 Å². The van der Waals surface area contributed by atoms with Crippen LogP contribution in [0.4, 0.5) is 5.69 Å². The summed E-state index contributed by atoms with van der Waals surface area (Å²) in [5.74, 6) is -0.560. The number of para-hydroxylation sites is 1. The number of carboxylic acids is 1. The van der Waals surface area contributed by atoms with Crippen molar-refractivity contribution in [3.63, 3.8) is 0 Å². The number of ether oxygens (including phenoxy) is 1. The molecular formula is C29H24ClN5O3. The van der Waals surface area contributed by atoms with Crippen molar-refractivity contribution in [3.8, 4) is 11.3 Å². The largest absolute Gasteiger partial charge is 0.478 e. The molecular weight excluding hydrogens is 502 g/mol. The molecule has 0 unspecified atom stereocenters. The third kappa shape index (κ3) is 3.97. The maximum atomic E-state index is 11.5. The second kappa shape index (κ2) is 9.08. The third-order valence-corrected chi connectivity index (χ3v) is 7.65. The molecule has 0 amide bonds. The Morgan fingerprint density at radius 2 is 1.76 bits per heavy atom. The molecule has 2 atom stereocenters.